The minimum atomic E-state index is -0.513. The molecule has 1 atom stereocenters. The Balaban J connectivity index is 2.34. The number of carbonyl (C=O) groups is 2. The summed E-state index contributed by atoms with van der Waals surface area (Å²) < 4.78 is 4.69. The lowest BCUT2D eigenvalue weighted by molar-refractivity contribution is -0.127. The molecule has 4 nitrogen and oxygen atoms in total. The van der Waals surface area contributed by atoms with Crippen LogP contribution in [0.15, 0.2) is 12.7 Å². The van der Waals surface area contributed by atoms with Gasteiger partial charge >= 0.3 is 6.09 Å². The second-order valence-corrected chi connectivity index (χ2v) is 4.77. The first-order valence-electron chi connectivity index (χ1n) is 4.84. The fourth-order valence-corrected chi connectivity index (χ4v) is 1.99. The first kappa shape index (κ1) is 12.1. The summed E-state index contributed by atoms with van der Waals surface area (Å²) in [5.74, 6) is 0.667. The summed E-state index contributed by atoms with van der Waals surface area (Å²) in [5.41, 5.74) is 0. The van der Waals surface area contributed by atoms with Crippen LogP contribution < -0.4 is 0 Å². The normalized spacial score (nSPS) is 17.4. The molecule has 0 aromatic rings. The van der Waals surface area contributed by atoms with Crippen molar-refractivity contribution < 1.29 is 14.3 Å². The highest BCUT2D eigenvalue weighted by Crippen LogP contribution is 2.16. The van der Waals surface area contributed by atoms with E-state index < -0.39 is 6.09 Å². The molecule has 0 radical (unpaired) electrons. The van der Waals surface area contributed by atoms with Crippen molar-refractivity contribution in [3.63, 3.8) is 0 Å². The molecule has 0 aromatic heterocycles. The van der Waals surface area contributed by atoms with Gasteiger partial charge in [0, 0.05) is 17.4 Å². The molecule has 0 aromatic carbocycles. The van der Waals surface area contributed by atoms with E-state index >= 15 is 0 Å². The number of hydrogen-bond acceptors (Lipinski definition) is 4. The summed E-state index contributed by atoms with van der Waals surface area (Å²) in [6, 6.07) is 0. The van der Waals surface area contributed by atoms with Gasteiger partial charge in [0.05, 0.1) is 6.54 Å². The summed E-state index contributed by atoms with van der Waals surface area (Å²) in [6.45, 7) is 6.28. The van der Waals surface area contributed by atoms with Gasteiger partial charge in [-0.25, -0.2) is 9.69 Å². The van der Waals surface area contributed by atoms with E-state index in [-0.39, 0.29) is 11.2 Å². The van der Waals surface area contributed by atoms with Gasteiger partial charge in [0.25, 0.3) is 0 Å². The zero-order valence-corrected chi connectivity index (χ0v) is 9.59. The van der Waals surface area contributed by atoms with Gasteiger partial charge in [0.2, 0.25) is 5.91 Å². The minimum absolute atomic E-state index is 0.151. The smallest absolute Gasteiger partial charge is 0.416 e. The average molecular weight is 229 g/mol. The average Bonchev–Trinajstić information content (AvgIpc) is 2.61. The van der Waals surface area contributed by atoms with Gasteiger partial charge in [0.15, 0.2) is 0 Å². The topological polar surface area (TPSA) is 46.6 Å². The minimum Gasteiger partial charge on any atom is -0.447 e. The Morgan fingerprint density at radius 2 is 2.53 bits per heavy atom. The lowest BCUT2D eigenvalue weighted by atomic mass is 10.3. The van der Waals surface area contributed by atoms with Gasteiger partial charge in [0.1, 0.15) is 6.61 Å². The first-order chi connectivity index (χ1) is 7.15. The number of thioether (sulfide) groups is 1. The molecule has 0 spiro atoms. The second kappa shape index (κ2) is 5.80. The van der Waals surface area contributed by atoms with Crippen LogP contribution >= 0.6 is 11.8 Å². The van der Waals surface area contributed by atoms with Crippen LogP contribution in [0.1, 0.15) is 13.3 Å². The number of ether oxygens (including phenoxy) is 1. The molecular formula is C10H15NO3S. The quantitative estimate of drug-likeness (QED) is 0.673. The van der Waals surface area contributed by atoms with Crippen molar-refractivity contribution in [1.82, 2.24) is 4.90 Å². The third kappa shape index (κ3) is 3.58. The Morgan fingerprint density at radius 1 is 1.80 bits per heavy atom. The lowest BCUT2D eigenvalue weighted by Crippen LogP contribution is -2.33. The zero-order valence-electron chi connectivity index (χ0n) is 8.77. The number of amides is 2. The van der Waals surface area contributed by atoms with E-state index in [4.69, 9.17) is 4.74 Å². The molecule has 1 rings (SSSR count). The SMILES string of the molecule is C=CCS[C@@H](C)CC(=O)N1CCOC1=O. The molecule has 1 fully saturated rings. The highest BCUT2D eigenvalue weighted by molar-refractivity contribution is 8.00. The highest BCUT2D eigenvalue weighted by atomic mass is 32.2. The molecule has 1 aliphatic rings. The van der Waals surface area contributed by atoms with Crippen LogP contribution in [-0.2, 0) is 9.53 Å². The largest absolute Gasteiger partial charge is 0.447 e. The fraction of sp³-hybridized carbons (Fsp3) is 0.600. The molecule has 0 aliphatic carbocycles. The van der Waals surface area contributed by atoms with Crippen molar-refractivity contribution in [2.75, 3.05) is 18.9 Å². The molecule has 1 aliphatic heterocycles. The van der Waals surface area contributed by atoms with Crippen LogP contribution in [0.2, 0.25) is 0 Å². The maximum absolute atomic E-state index is 11.6. The molecule has 15 heavy (non-hydrogen) atoms. The second-order valence-electron chi connectivity index (χ2n) is 3.30. The van der Waals surface area contributed by atoms with Crippen molar-refractivity contribution >= 4 is 23.8 Å². The van der Waals surface area contributed by atoms with Gasteiger partial charge in [-0.3, -0.25) is 4.79 Å². The molecule has 2 amide bonds. The number of hydrogen-bond donors (Lipinski definition) is 0. The van der Waals surface area contributed by atoms with Gasteiger partial charge in [-0.2, -0.15) is 11.8 Å². The Labute approximate surface area is 93.6 Å². The lowest BCUT2D eigenvalue weighted by Gasteiger charge is -2.14. The standard InChI is InChI=1S/C10H15NO3S/c1-3-6-15-8(2)7-9(12)11-4-5-14-10(11)13/h3,8H,1,4-7H2,2H3/t8-/m0/s1. The molecule has 0 N–H and O–H groups in total. The Morgan fingerprint density at radius 3 is 3.07 bits per heavy atom. The van der Waals surface area contributed by atoms with Gasteiger partial charge in [-0.1, -0.05) is 13.0 Å². The molecule has 0 bridgehead atoms. The highest BCUT2D eigenvalue weighted by Gasteiger charge is 2.28. The molecule has 1 saturated heterocycles. The van der Waals surface area contributed by atoms with E-state index in [1.165, 1.54) is 4.90 Å². The van der Waals surface area contributed by atoms with Gasteiger partial charge < -0.3 is 4.74 Å². The van der Waals surface area contributed by atoms with Crippen LogP contribution in [0.5, 0.6) is 0 Å². The van der Waals surface area contributed by atoms with E-state index in [0.29, 0.717) is 19.6 Å². The summed E-state index contributed by atoms with van der Waals surface area (Å²) in [7, 11) is 0. The number of carbonyl (C=O) groups excluding carboxylic acids is 2. The van der Waals surface area contributed by atoms with Crippen molar-refractivity contribution in [3.8, 4) is 0 Å². The maximum atomic E-state index is 11.6. The van der Waals surface area contributed by atoms with E-state index in [1.54, 1.807) is 17.8 Å². The van der Waals surface area contributed by atoms with Crippen LogP contribution in [0.25, 0.3) is 0 Å². The number of rotatable bonds is 5. The van der Waals surface area contributed by atoms with Crippen LogP contribution in [-0.4, -0.2) is 41.1 Å². The molecule has 1 heterocycles. The first-order valence-corrected chi connectivity index (χ1v) is 5.89. The summed E-state index contributed by atoms with van der Waals surface area (Å²) in [4.78, 5) is 23.9. The molecule has 84 valence electrons. The monoisotopic (exact) mass is 229 g/mol. The van der Waals surface area contributed by atoms with E-state index in [1.807, 2.05) is 6.92 Å². The predicted molar refractivity (Wildman–Crippen MR) is 59.8 cm³/mol. The Bertz CT molecular complexity index is 267. The summed E-state index contributed by atoms with van der Waals surface area (Å²) in [6.07, 6.45) is 1.66. The maximum Gasteiger partial charge on any atom is 0.416 e. The Kier molecular flexibility index (Phi) is 4.68. The summed E-state index contributed by atoms with van der Waals surface area (Å²) >= 11 is 1.65. The number of imide groups is 1. The number of nitrogens with zero attached hydrogens (tertiary/aromatic N) is 1. The molecule has 0 unspecified atom stereocenters. The summed E-state index contributed by atoms with van der Waals surface area (Å²) in [5, 5.41) is 0.198. The van der Waals surface area contributed by atoms with Crippen LogP contribution in [0.3, 0.4) is 0 Å². The van der Waals surface area contributed by atoms with Crippen molar-refractivity contribution in [2.45, 2.75) is 18.6 Å². The molecule has 5 heteroatoms. The van der Waals surface area contributed by atoms with Crippen LogP contribution in [0, 0.1) is 0 Å². The van der Waals surface area contributed by atoms with Crippen molar-refractivity contribution in [2.24, 2.45) is 0 Å². The van der Waals surface area contributed by atoms with Gasteiger partial charge in [-0.15, -0.1) is 6.58 Å². The number of cyclic esters (lactones) is 1. The van der Waals surface area contributed by atoms with Gasteiger partial charge in [-0.05, 0) is 0 Å². The molecule has 0 saturated carbocycles. The predicted octanol–water partition coefficient (Wildman–Crippen LogP) is 1.66. The third-order valence-corrected chi connectivity index (χ3v) is 3.19. The third-order valence-electron chi connectivity index (χ3n) is 2.02. The zero-order chi connectivity index (χ0) is 11.3. The van der Waals surface area contributed by atoms with E-state index in [0.717, 1.165) is 5.75 Å². The van der Waals surface area contributed by atoms with E-state index in [9.17, 15) is 9.59 Å². The van der Waals surface area contributed by atoms with Crippen molar-refractivity contribution in [3.05, 3.63) is 12.7 Å². The fourth-order valence-electron chi connectivity index (χ4n) is 1.27. The Hall–Kier alpha value is -0.970. The van der Waals surface area contributed by atoms with Crippen molar-refractivity contribution in [1.29, 1.82) is 0 Å². The van der Waals surface area contributed by atoms with E-state index in [2.05, 4.69) is 6.58 Å². The van der Waals surface area contributed by atoms with Crippen LogP contribution in [0.4, 0.5) is 4.79 Å². The molecular weight excluding hydrogens is 214 g/mol.